The van der Waals surface area contributed by atoms with Gasteiger partial charge in [0.2, 0.25) is 17.5 Å². The Labute approximate surface area is 174 Å². The number of carbonyl (C=O) groups is 1. The summed E-state index contributed by atoms with van der Waals surface area (Å²) in [6, 6.07) is 2.76. The van der Waals surface area contributed by atoms with E-state index in [1.165, 1.54) is 18.3 Å². The van der Waals surface area contributed by atoms with Crippen molar-refractivity contribution in [1.29, 1.82) is 0 Å². The highest BCUT2D eigenvalue weighted by molar-refractivity contribution is 5.85. The molecule has 2 aromatic rings. The Morgan fingerprint density at radius 3 is 2.68 bits per heavy atom. The van der Waals surface area contributed by atoms with Crippen molar-refractivity contribution in [3.8, 4) is 11.5 Å². The molecule has 166 valence electrons. The lowest BCUT2D eigenvalue weighted by atomic mass is 10.2. The average molecular weight is 435 g/mol. The van der Waals surface area contributed by atoms with E-state index >= 15 is 0 Å². The van der Waals surface area contributed by atoms with Crippen LogP contribution in [0.1, 0.15) is 25.8 Å². The zero-order valence-corrected chi connectivity index (χ0v) is 16.8. The molecule has 0 bridgehead atoms. The van der Waals surface area contributed by atoms with E-state index in [0.29, 0.717) is 5.56 Å². The van der Waals surface area contributed by atoms with Crippen LogP contribution >= 0.6 is 0 Å². The first-order valence-corrected chi connectivity index (χ1v) is 9.18. The van der Waals surface area contributed by atoms with Crippen LogP contribution in [0, 0.1) is 10.1 Å². The predicted molar refractivity (Wildman–Crippen MR) is 110 cm³/mol. The highest BCUT2D eigenvalue weighted by Gasteiger charge is 2.22. The van der Waals surface area contributed by atoms with Crippen LogP contribution in [0.25, 0.3) is 0 Å². The first kappa shape index (κ1) is 23.1. The summed E-state index contributed by atoms with van der Waals surface area (Å²) in [6.07, 6.45) is 1.16. The maximum atomic E-state index is 11.9. The zero-order chi connectivity index (χ0) is 22.8. The SMILES string of the molecule is CCOc1cc(/C=N/NC(=O)CCNc2n[nH]c(=O)[nH]c2=O)cc([N+](=O)[O-])c1OCC. The van der Waals surface area contributed by atoms with Crippen molar-refractivity contribution in [1.82, 2.24) is 20.6 Å². The van der Waals surface area contributed by atoms with Crippen molar-refractivity contribution in [2.45, 2.75) is 20.3 Å². The molecule has 0 fully saturated rings. The van der Waals surface area contributed by atoms with E-state index in [9.17, 15) is 24.5 Å². The Morgan fingerprint density at radius 1 is 1.29 bits per heavy atom. The summed E-state index contributed by atoms with van der Waals surface area (Å²) in [5, 5.41) is 23.3. The van der Waals surface area contributed by atoms with E-state index in [0.717, 1.165) is 0 Å². The number of nitro benzene ring substituents is 1. The second-order valence-electron chi connectivity index (χ2n) is 5.82. The van der Waals surface area contributed by atoms with Crippen molar-refractivity contribution in [3.63, 3.8) is 0 Å². The summed E-state index contributed by atoms with van der Waals surface area (Å²) < 4.78 is 10.8. The van der Waals surface area contributed by atoms with E-state index in [1.54, 1.807) is 13.8 Å². The molecule has 1 aromatic heterocycles. The second kappa shape index (κ2) is 11.1. The fourth-order valence-electron chi connectivity index (χ4n) is 2.37. The fourth-order valence-corrected chi connectivity index (χ4v) is 2.37. The summed E-state index contributed by atoms with van der Waals surface area (Å²) in [6.45, 7) is 3.97. The third-order valence-corrected chi connectivity index (χ3v) is 3.60. The number of benzene rings is 1. The Kier molecular flexibility index (Phi) is 8.24. The van der Waals surface area contributed by atoms with Gasteiger partial charge in [-0.05, 0) is 19.9 Å². The quantitative estimate of drug-likeness (QED) is 0.215. The topological polar surface area (TPSA) is 194 Å². The summed E-state index contributed by atoms with van der Waals surface area (Å²) in [5.74, 6) is -0.419. The highest BCUT2D eigenvalue weighted by atomic mass is 16.6. The molecule has 1 amide bonds. The monoisotopic (exact) mass is 435 g/mol. The number of carbonyl (C=O) groups excluding carboxylic acids is 1. The molecule has 1 heterocycles. The van der Waals surface area contributed by atoms with Crippen LogP contribution in [0.4, 0.5) is 11.5 Å². The van der Waals surface area contributed by atoms with Crippen LogP contribution in [0.15, 0.2) is 26.8 Å². The number of nitrogens with zero attached hydrogens (tertiary/aromatic N) is 3. The lowest BCUT2D eigenvalue weighted by molar-refractivity contribution is -0.385. The molecule has 1 aromatic carbocycles. The minimum Gasteiger partial charge on any atom is -0.490 e. The van der Waals surface area contributed by atoms with E-state index < -0.39 is 22.1 Å². The maximum Gasteiger partial charge on any atom is 0.342 e. The number of aromatic amines is 2. The van der Waals surface area contributed by atoms with Gasteiger partial charge in [0.05, 0.1) is 24.4 Å². The van der Waals surface area contributed by atoms with Crippen molar-refractivity contribution >= 4 is 23.6 Å². The molecule has 14 nitrogen and oxygen atoms in total. The molecule has 0 aliphatic rings. The van der Waals surface area contributed by atoms with Crippen LogP contribution in [0.3, 0.4) is 0 Å². The summed E-state index contributed by atoms with van der Waals surface area (Å²) >= 11 is 0. The number of hydrazone groups is 1. The van der Waals surface area contributed by atoms with Crippen LogP contribution in [0.2, 0.25) is 0 Å². The number of amides is 1. The Balaban J connectivity index is 2.00. The molecule has 0 unspecified atom stereocenters. The van der Waals surface area contributed by atoms with Gasteiger partial charge < -0.3 is 14.8 Å². The number of H-pyrrole nitrogens is 2. The predicted octanol–water partition coefficient (Wildman–Crippen LogP) is 0.116. The largest absolute Gasteiger partial charge is 0.490 e. The molecule has 14 heteroatoms. The average Bonchev–Trinajstić information content (AvgIpc) is 2.71. The Hall–Kier alpha value is -4.23. The molecule has 2 rings (SSSR count). The molecule has 0 saturated heterocycles. The van der Waals surface area contributed by atoms with Gasteiger partial charge in [-0.25, -0.2) is 15.3 Å². The molecule has 0 aliphatic heterocycles. The van der Waals surface area contributed by atoms with Crippen LogP contribution in [0.5, 0.6) is 11.5 Å². The molecule has 0 radical (unpaired) electrons. The lowest BCUT2D eigenvalue weighted by Crippen LogP contribution is -2.28. The molecule has 0 saturated carbocycles. The van der Waals surface area contributed by atoms with Crippen molar-refractivity contribution in [2.75, 3.05) is 25.1 Å². The normalized spacial score (nSPS) is 10.6. The first-order valence-electron chi connectivity index (χ1n) is 9.18. The smallest absolute Gasteiger partial charge is 0.342 e. The number of anilines is 1. The number of ether oxygens (including phenoxy) is 2. The second-order valence-corrected chi connectivity index (χ2v) is 5.82. The minimum atomic E-state index is -0.746. The highest BCUT2D eigenvalue weighted by Crippen LogP contribution is 2.38. The first-order chi connectivity index (χ1) is 14.8. The number of nitro groups is 1. The summed E-state index contributed by atoms with van der Waals surface area (Å²) in [7, 11) is 0. The third kappa shape index (κ3) is 6.66. The van der Waals surface area contributed by atoms with E-state index in [2.05, 4.69) is 26.0 Å². The minimum absolute atomic E-state index is 0.0208. The van der Waals surface area contributed by atoms with Gasteiger partial charge >= 0.3 is 11.4 Å². The summed E-state index contributed by atoms with van der Waals surface area (Å²) in [5.41, 5.74) is 0.833. The van der Waals surface area contributed by atoms with Gasteiger partial charge in [0, 0.05) is 24.6 Å². The fraction of sp³-hybridized carbons (Fsp3) is 0.353. The van der Waals surface area contributed by atoms with Crippen molar-refractivity contribution < 1.29 is 19.2 Å². The van der Waals surface area contributed by atoms with Gasteiger partial charge in [-0.15, -0.1) is 5.10 Å². The third-order valence-electron chi connectivity index (χ3n) is 3.60. The molecule has 0 aliphatic carbocycles. The van der Waals surface area contributed by atoms with Crippen molar-refractivity contribution in [2.24, 2.45) is 5.10 Å². The number of hydrogen-bond acceptors (Lipinski definition) is 10. The lowest BCUT2D eigenvalue weighted by Gasteiger charge is -2.11. The van der Waals surface area contributed by atoms with Gasteiger partial charge in [0.25, 0.3) is 5.56 Å². The van der Waals surface area contributed by atoms with E-state index in [4.69, 9.17) is 9.47 Å². The molecule has 0 atom stereocenters. The van der Waals surface area contributed by atoms with Crippen LogP contribution in [-0.4, -0.2) is 52.0 Å². The maximum absolute atomic E-state index is 11.9. The van der Waals surface area contributed by atoms with Gasteiger partial charge in [0.15, 0.2) is 5.75 Å². The number of hydrogen-bond donors (Lipinski definition) is 4. The Bertz CT molecular complexity index is 1080. The standard InChI is InChI=1S/C17H21N7O7/c1-3-30-12-8-10(7-11(24(28)29)14(12)31-4-2)9-19-21-13(25)5-6-18-15-16(26)20-17(27)23-22-15/h7-9H,3-6H2,1-2H3,(H,18,22)(H,21,25)(H2,20,23,26,27)/b19-9+. The molecule has 31 heavy (non-hydrogen) atoms. The van der Waals surface area contributed by atoms with Gasteiger partial charge in [0.1, 0.15) is 0 Å². The summed E-state index contributed by atoms with van der Waals surface area (Å²) in [4.78, 5) is 47.0. The van der Waals surface area contributed by atoms with Gasteiger partial charge in [-0.2, -0.15) is 5.10 Å². The molecule has 4 N–H and O–H groups in total. The number of aromatic nitrogens is 3. The van der Waals surface area contributed by atoms with Crippen LogP contribution < -0.4 is 31.5 Å². The van der Waals surface area contributed by atoms with Crippen molar-refractivity contribution in [3.05, 3.63) is 48.6 Å². The number of nitrogens with one attached hydrogen (secondary N) is 4. The van der Waals surface area contributed by atoms with E-state index in [1.807, 2.05) is 4.98 Å². The molecular formula is C17H21N7O7. The van der Waals surface area contributed by atoms with E-state index in [-0.39, 0.29) is 49.2 Å². The molecule has 0 spiro atoms. The van der Waals surface area contributed by atoms with Gasteiger partial charge in [-0.3, -0.25) is 24.7 Å². The zero-order valence-electron chi connectivity index (χ0n) is 16.8. The Morgan fingerprint density at radius 2 is 2.03 bits per heavy atom. The van der Waals surface area contributed by atoms with Gasteiger partial charge in [-0.1, -0.05) is 0 Å². The number of rotatable bonds is 11. The molecular weight excluding hydrogens is 414 g/mol. The van der Waals surface area contributed by atoms with Crippen LogP contribution in [-0.2, 0) is 4.79 Å².